The highest BCUT2D eigenvalue weighted by atomic mass is 32.1. The molecule has 0 spiro atoms. The molecule has 0 saturated carbocycles. The smallest absolute Gasteiger partial charge is 0.161 e. The third-order valence-electron chi connectivity index (χ3n) is 9.11. The van der Waals surface area contributed by atoms with Crippen molar-refractivity contribution in [3.05, 3.63) is 77.4 Å². The molecule has 0 radical (unpaired) electrons. The monoisotopic (exact) mass is 598 g/mol. The van der Waals surface area contributed by atoms with Crippen molar-refractivity contribution in [2.24, 2.45) is 0 Å². The number of benzene rings is 3. The molecular weight excluding hydrogens is 552 g/mol. The molecule has 2 aliphatic rings. The van der Waals surface area contributed by atoms with Gasteiger partial charge in [0.2, 0.25) is 0 Å². The lowest BCUT2D eigenvalue weighted by molar-refractivity contribution is 0.153. The standard InChI is InChI=1S/C37H46N2O3S/c1-4-30(39-19-7-8-20-39)26-42-34-16-10-28(25-35(34)40-3)24-33-32-15-9-27(2)23-36(32)43-37(33)29-11-13-31(14-12-29)41-22-21-38-17-5-6-18-38/h9-16,23,25,30H,4-8,17-22,24,26H2,1-3H3. The lowest BCUT2D eigenvalue weighted by atomic mass is 9.98. The third-order valence-corrected chi connectivity index (χ3v) is 10.4. The molecule has 43 heavy (non-hydrogen) atoms. The second kappa shape index (κ2) is 14.1. The molecule has 2 fully saturated rings. The first-order chi connectivity index (χ1) is 21.1. The van der Waals surface area contributed by atoms with Crippen molar-refractivity contribution in [3.8, 4) is 27.7 Å². The van der Waals surface area contributed by atoms with Crippen LogP contribution in [0.5, 0.6) is 17.2 Å². The fourth-order valence-corrected chi connectivity index (χ4v) is 7.91. The molecule has 0 amide bonds. The Bertz CT molecular complexity index is 1490. The first-order valence-electron chi connectivity index (χ1n) is 16.1. The molecule has 4 aromatic rings. The number of methoxy groups -OCH3 is 1. The molecule has 3 aromatic carbocycles. The van der Waals surface area contributed by atoms with Gasteiger partial charge in [-0.1, -0.05) is 25.1 Å². The maximum Gasteiger partial charge on any atom is 0.161 e. The van der Waals surface area contributed by atoms with Crippen LogP contribution in [-0.2, 0) is 6.42 Å². The van der Waals surface area contributed by atoms with E-state index in [1.807, 2.05) is 11.3 Å². The minimum atomic E-state index is 0.455. The van der Waals surface area contributed by atoms with Crippen molar-refractivity contribution in [1.29, 1.82) is 0 Å². The predicted octanol–water partition coefficient (Wildman–Crippen LogP) is 8.20. The van der Waals surface area contributed by atoms with Crippen LogP contribution in [0.4, 0.5) is 0 Å². The Balaban J connectivity index is 1.20. The Kier molecular flexibility index (Phi) is 9.87. The molecule has 1 atom stereocenters. The number of hydrogen-bond acceptors (Lipinski definition) is 6. The van der Waals surface area contributed by atoms with E-state index in [1.54, 1.807) is 7.11 Å². The summed E-state index contributed by atoms with van der Waals surface area (Å²) < 4.78 is 19.6. The first kappa shape index (κ1) is 30.0. The van der Waals surface area contributed by atoms with E-state index in [9.17, 15) is 0 Å². The van der Waals surface area contributed by atoms with Gasteiger partial charge in [-0.2, -0.15) is 0 Å². The van der Waals surface area contributed by atoms with Crippen LogP contribution < -0.4 is 14.2 Å². The number of rotatable bonds is 13. The maximum absolute atomic E-state index is 6.35. The maximum atomic E-state index is 6.35. The number of likely N-dealkylation sites (tertiary alicyclic amines) is 2. The summed E-state index contributed by atoms with van der Waals surface area (Å²) in [7, 11) is 1.74. The second-order valence-corrected chi connectivity index (χ2v) is 13.2. The van der Waals surface area contributed by atoms with Gasteiger partial charge < -0.3 is 14.2 Å². The van der Waals surface area contributed by atoms with E-state index < -0.39 is 0 Å². The number of aryl methyl sites for hydroxylation is 1. The number of thiophene rings is 1. The van der Waals surface area contributed by atoms with Gasteiger partial charge in [0.25, 0.3) is 0 Å². The predicted molar refractivity (Wildman–Crippen MR) is 179 cm³/mol. The lowest BCUT2D eigenvalue weighted by Crippen LogP contribution is -2.36. The van der Waals surface area contributed by atoms with E-state index in [2.05, 4.69) is 84.3 Å². The van der Waals surface area contributed by atoms with E-state index in [-0.39, 0.29) is 0 Å². The average Bonchev–Trinajstić information content (AvgIpc) is 3.81. The quantitative estimate of drug-likeness (QED) is 0.155. The second-order valence-electron chi connectivity index (χ2n) is 12.1. The normalized spacial score (nSPS) is 16.6. The van der Waals surface area contributed by atoms with Crippen LogP contribution in [0.2, 0.25) is 0 Å². The Morgan fingerprint density at radius 2 is 1.60 bits per heavy atom. The zero-order valence-corrected chi connectivity index (χ0v) is 26.9. The molecule has 6 rings (SSSR count). The minimum absolute atomic E-state index is 0.455. The largest absolute Gasteiger partial charge is 0.493 e. The molecule has 0 bridgehead atoms. The third kappa shape index (κ3) is 7.19. The van der Waals surface area contributed by atoms with E-state index in [1.165, 1.54) is 89.1 Å². The number of nitrogens with zero attached hydrogens (tertiary/aromatic N) is 2. The van der Waals surface area contributed by atoms with Gasteiger partial charge in [-0.3, -0.25) is 9.80 Å². The van der Waals surface area contributed by atoms with Gasteiger partial charge in [-0.15, -0.1) is 11.3 Å². The molecule has 6 heteroatoms. The molecule has 1 aromatic heterocycles. The molecule has 1 unspecified atom stereocenters. The first-order valence-corrected chi connectivity index (χ1v) is 16.9. The van der Waals surface area contributed by atoms with Gasteiger partial charge in [0, 0.05) is 22.2 Å². The highest BCUT2D eigenvalue weighted by molar-refractivity contribution is 7.22. The van der Waals surface area contributed by atoms with Gasteiger partial charge in [-0.05, 0) is 142 Å². The summed E-state index contributed by atoms with van der Waals surface area (Å²) in [6, 6.07) is 22.4. The van der Waals surface area contributed by atoms with Crippen molar-refractivity contribution in [1.82, 2.24) is 9.80 Å². The lowest BCUT2D eigenvalue weighted by Gasteiger charge is -2.26. The van der Waals surface area contributed by atoms with Crippen LogP contribution >= 0.6 is 11.3 Å². The van der Waals surface area contributed by atoms with Crippen LogP contribution in [0.1, 0.15) is 55.7 Å². The Labute approximate surface area is 261 Å². The summed E-state index contributed by atoms with van der Waals surface area (Å²) in [4.78, 5) is 6.38. The Morgan fingerprint density at radius 1 is 0.837 bits per heavy atom. The summed E-state index contributed by atoms with van der Waals surface area (Å²) in [5, 5.41) is 1.33. The average molecular weight is 599 g/mol. The van der Waals surface area contributed by atoms with Crippen LogP contribution in [0, 0.1) is 6.92 Å². The molecule has 5 nitrogen and oxygen atoms in total. The number of hydrogen-bond donors (Lipinski definition) is 0. The van der Waals surface area contributed by atoms with Crippen molar-refractivity contribution in [3.63, 3.8) is 0 Å². The Morgan fingerprint density at radius 3 is 2.35 bits per heavy atom. The highest BCUT2D eigenvalue weighted by Crippen LogP contribution is 2.41. The van der Waals surface area contributed by atoms with Crippen LogP contribution in [0.15, 0.2) is 60.7 Å². The van der Waals surface area contributed by atoms with E-state index >= 15 is 0 Å². The molecular formula is C37H46N2O3S. The summed E-state index contributed by atoms with van der Waals surface area (Å²) in [5.41, 5.74) is 5.11. The minimum Gasteiger partial charge on any atom is -0.493 e. The molecule has 0 aliphatic carbocycles. The van der Waals surface area contributed by atoms with Gasteiger partial charge >= 0.3 is 0 Å². The molecule has 2 saturated heterocycles. The van der Waals surface area contributed by atoms with E-state index in [0.717, 1.165) is 43.2 Å². The summed E-state index contributed by atoms with van der Waals surface area (Å²) in [5.74, 6) is 2.58. The molecule has 228 valence electrons. The summed E-state index contributed by atoms with van der Waals surface area (Å²) >= 11 is 1.88. The van der Waals surface area contributed by atoms with Crippen LogP contribution in [0.3, 0.4) is 0 Å². The van der Waals surface area contributed by atoms with E-state index in [0.29, 0.717) is 12.6 Å². The molecule has 0 N–H and O–H groups in total. The van der Waals surface area contributed by atoms with Crippen molar-refractivity contribution >= 4 is 21.4 Å². The topological polar surface area (TPSA) is 34.2 Å². The van der Waals surface area contributed by atoms with Gasteiger partial charge in [0.15, 0.2) is 11.5 Å². The summed E-state index contributed by atoms with van der Waals surface area (Å²) in [6.07, 6.45) is 7.14. The summed E-state index contributed by atoms with van der Waals surface area (Å²) in [6.45, 7) is 11.6. The van der Waals surface area contributed by atoms with Gasteiger partial charge in [0.1, 0.15) is 19.0 Å². The zero-order chi connectivity index (χ0) is 29.6. The fourth-order valence-electron chi connectivity index (χ4n) is 6.59. The molecule has 2 aliphatic heterocycles. The SMILES string of the molecule is CCC(COc1ccc(Cc2c(-c3ccc(OCCN4CCCC4)cc3)sc3cc(C)ccc23)cc1OC)N1CCCC1. The number of fused-ring (bicyclic) bond motifs is 1. The zero-order valence-electron chi connectivity index (χ0n) is 26.1. The van der Waals surface area contributed by atoms with E-state index in [4.69, 9.17) is 14.2 Å². The van der Waals surface area contributed by atoms with Crippen LogP contribution in [-0.4, -0.2) is 68.9 Å². The molecule has 3 heterocycles. The Hall–Kier alpha value is -3.06. The fraction of sp³-hybridized carbons (Fsp3) is 0.459. The van der Waals surface area contributed by atoms with Crippen LogP contribution in [0.25, 0.3) is 20.5 Å². The number of ether oxygens (including phenoxy) is 3. The van der Waals surface area contributed by atoms with Crippen molar-refractivity contribution in [2.75, 3.05) is 53.0 Å². The van der Waals surface area contributed by atoms with Crippen molar-refractivity contribution < 1.29 is 14.2 Å². The van der Waals surface area contributed by atoms with Crippen molar-refractivity contribution in [2.45, 2.75) is 58.4 Å². The van der Waals surface area contributed by atoms with Gasteiger partial charge in [0.05, 0.1) is 7.11 Å². The highest BCUT2D eigenvalue weighted by Gasteiger charge is 2.22. The van der Waals surface area contributed by atoms with Gasteiger partial charge in [-0.25, -0.2) is 0 Å².